The summed E-state index contributed by atoms with van der Waals surface area (Å²) in [5, 5.41) is 0. The Hall–Kier alpha value is -1.70. The van der Waals surface area contributed by atoms with Crippen LogP contribution in [0.2, 0.25) is 0 Å². The van der Waals surface area contributed by atoms with Crippen molar-refractivity contribution < 1.29 is 0 Å². The zero-order chi connectivity index (χ0) is 18.9. The lowest BCUT2D eigenvalue weighted by atomic mass is 9.83. The first kappa shape index (κ1) is 20.6. The average Bonchev–Trinajstić information content (AvgIpc) is 2.67. The molecule has 0 heterocycles. The lowest BCUT2D eigenvalue weighted by Gasteiger charge is -2.22. The minimum atomic E-state index is 0.380. The first-order valence-electron chi connectivity index (χ1n) is 10.5. The molecule has 0 amide bonds. The van der Waals surface area contributed by atoms with Gasteiger partial charge in [0.25, 0.3) is 0 Å². The Bertz CT molecular complexity index is 641. The van der Waals surface area contributed by atoms with E-state index >= 15 is 0 Å². The van der Waals surface area contributed by atoms with Gasteiger partial charge in [-0.2, -0.15) is 0 Å². The van der Waals surface area contributed by atoms with Crippen LogP contribution in [0, 0.1) is 5.92 Å². The van der Waals surface area contributed by atoms with Crippen molar-refractivity contribution in [2.45, 2.75) is 78.6 Å². The van der Waals surface area contributed by atoms with E-state index in [2.05, 4.69) is 63.0 Å². The molecular formula is C24H36N2. The molecule has 1 saturated carbocycles. The zero-order valence-corrected chi connectivity index (χ0v) is 17.4. The van der Waals surface area contributed by atoms with Crippen molar-refractivity contribution in [3.63, 3.8) is 0 Å². The molecule has 0 aromatic heterocycles. The highest BCUT2D eigenvalue weighted by atomic mass is 14.8. The summed E-state index contributed by atoms with van der Waals surface area (Å²) in [6.45, 7) is 8.76. The molecule has 0 unspecified atom stereocenters. The molecule has 0 spiro atoms. The number of allylic oxidation sites excluding steroid dienone is 2. The highest BCUT2D eigenvalue weighted by Gasteiger charge is 2.16. The Morgan fingerprint density at radius 3 is 2.23 bits per heavy atom. The van der Waals surface area contributed by atoms with Crippen molar-refractivity contribution in [1.82, 2.24) is 0 Å². The lowest BCUT2D eigenvalue weighted by Crippen LogP contribution is -2.13. The summed E-state index contributed by atoms with van der Waals surface area (Å²) in [7, 11) is 1.87. The largest absolute Gasteiger partial charge is 0.291 e. The molecule has 1 aromatic carbocycles. The molecule has 0 saturated heterocycles. The van der Waals surface area contributed by atoms with Gasteiger partial charge in [-0.1, -0.05) is 77.3 Å². The van der Waals surface area contributed by atoms with Crippen LogP contribution >= 0.6 is 0 Å². The second-order valence-electron chi connectivity index (χ2n) is 7.63. The molecule has 142 valence electrons. The van der Waals surface area contributed by atoms with Crippen LogP contribution in [-0.4, -0.2) is 18.5 Å². The Balaban J connectivity index is 2.32. The fourth-order valence-corrected chi connectivity index (χ4v) is 3.89. The summed E-state index contributed by atoms with van der Waals surface area (Å²) in [4.78, 5) is 9.51. The van der Waals surface area contributed by atoms with Crippen LogP contribution in [-0.2, 0) is 0 Å². The van der Waals surface area contributed by atoms with E-state index in [1.807, 2.05) is 7.05 Å². The van der Waals surface area contributed by atoms with E-state index in [1.165, 1.54) is 43.2 Å². The predicted octanol–water partition coefficient (Wildman–Crippen LogP) is 6.95. The number of rotatable bonds is 7. The number of hydrogen-bond acceptors (Lipinski definition) is 2. The maximum atomic E-state index is 5.07. The van der Waals surface area contributed by atoms with Gasteiger partial charge in [-0.3, -0.25) is 9.98 Å². The van der Waals surface area contributed by atoms with Crippen molar-refractivity contribution >= 4 is 11.4 Å². The molecule has 26 heavy (non-hydrogen) atoms. The molecule has 2 rings (SSSR count). The lowest BCUT2D eigenvalue weighted by molar-refractivity contribution is 0.443. The molecule has 0 atom stereocenters. The van der Waals surface area contributed by atoms with Crippen molar-refractivity contribution in [3.8, 4) is 0 Å². The number of hydrogen-bond donors (Lipinski definition) is 0. The van der Waals surface area contributed by atoms with E-state index in [4.69, 9.17) is 4.99 Å². The SMILES string of the molecule is CC/C=C(/N=C(c1ccc(C2CCCCC2)cc1)C(C)C)C(CC)=NC. The summed E-state index contributed by atoms with van der Waals surface area (Å²) in [6, 6.07) is 9.23. The van der Waals surface area contributed by atoms with E-state index in [0.29, 0.717) is 5.92 Å². The summed E-state index contributed by atoms with van der Waals surface area (Å²) in [5.41, 5.74) is 6.04. The summed E-state index contributed by atoms with van der Waals surface area (Å²) in [5.74, 6) is 1.14. The zero-order valence-electron chi connectivity index (χ0n) is 17.4. The van der Waals surface area contributed by atoms with Crippen LogP contribution in [0.5, 0.6) is 0 Å². The summed E-state index contributed by atoms with van der Waals surface area (Å²) < 4.78 is 0. The first-order chi connectivity index (χ1) is 12.6. The quantitative estimate of drug-likeness (QED) is 0.474. The fourth-order valence-electron chi connectivity index (χ4n) is 3.89. The van der Waals surface area contributed by atoms with Crippen LogP contribution < -0.4 is 0 Å². The van der Waals surface area contributed by atoms with Gasteiger partial charge in [-0.25, -0.2) is 0 Å². The van der Waals surface area contributed by atoms with Crippen molar-refractivity contribution in [2.24, 2.45) is 15.9 Å². The third kappa shape index (κ3) is 5.40. The molecule has 2 nitrogen and oxygen atoms in total. The van der Waals surface area contributed by atoms with Crippen molar-refractivity contribution in [1.29, 1.82) is 0 Å². The maximum absolute atomic E-state index is 5.07. The molecule has 0 bridgehead atoms. The first-order valence-corrected chi connectivity index (χ1v) is 10.5. The predicted molar refractivity (Wildman–Crippen MR) is 116 cm³/mol. The van der Waals surface area contributed by atoms with E-state index in [-0.39, 0.29) is 0 Å². The standard InChI is InChI=1S/C24H36N2/c1-6-11-23(22(7-2)25-5)26-24(18(3)4)21-16-14-20(15-17-21)19-12-9-8-10-13-19/h11,14-19H,6-10,12-13H2,1-5H3/b23-11+,25-22?,26-24?. The van der Waals surface area contributed by atoms with Gasteiger partial charge in [0, 0.05) is 7.05 Å². The van der Waals surface area contributed by atoms with E-state index in [9.17, 15) is 0 Å². The third-order valence-electron chi connectivity index (χ3n) is 5.37. The Kier molecular flexibility index (Phi) is 8.28. The second-order valence-corrected chi connectivity index (χ2v) is 7.63. The van der Waals surface area contributed by atoms with Gasteiger partial charge in [0.2, 0.25) is 0 Å². The van der Waals surface area contributed by atoms with E-state index in [0.717, 1.165) is 35.9 Å². The van der Waals surface area contributed by atoms with Gasteiger partial charge in [0.1, 0.15) is 0 Å². The van der Waals surface area contributed by atoms with E-state index in [1.54, 1.807) is 0 Å². The summed E-state index contributed by atoms with van der Waals surface area (Å²) in [6.07, 6.45) is 11.0. The van der Waals surface area contributed by atoms with Crippen molar-refractivity contribution in [3.05, 3.63) is 47.2 Å². The van der Waals surface area contributed by atoms with Gasteiger partial charge in [-0.05, 0) is 48.6 Å². The normalized spacial score (nSPS) is 17.8. The van der Waals surface area contributed by atoms with Gasteiger partial charge in [0.15, 0.2) is 0 Å². The maximum Gasteiger partial charge on any atom is 0.0803 e. The minimum absolute atomic E-state index is 0.380. The van der Waals surface area contributed by atoms with Crippen LogP contribution in [0.1, 0.15) is 89.7 Å². The molecule has 0 N–H and O–H groups in total. The van der Waals surface area contributed by atoms with Gasteiger partial charge < -0.3 is 0 Å². The van der Waals surface area contributed by atoms with Crippen LogP contribution in [0.15, 0.2) is 46.0 Å². The van der Waals surface area contributed by atoms with E-state index < -0.39 is 0 Å². The highest BCUT2D eigenvalue weighted by molar-refractivity contribution is 6.07. The fraction of sp³-hybridized carbons (Fsp3) is 0.583. The van der Waals surface area contributed by atoms with Crippen LogP contribution in [0.4, 0.5) is 0 Å². The monoisotopic (exact) mass is 352 g/mol. The minimum Gasteiger partial charge on any atom is -0.291 e. The van der Waals surface area contributed by atoms with Crippen LogP contribution in [0.3, 0.4) is 0 Å². The topological polar surface area (TPSA) is 24.7 Å². The Labute approximate surface area is 160 Å². The summed E-state index contributed by atoms with van der Waals surface area (Å²) >= 11 is 0. The van der Waals surface area contributed by atoms with Gasteiger partial charge in [0.05, 0.1) is 17.1 Å². The molecule has 1 aliphatic carbocycles. The molecule has 2 heteroatoms. The molecule has 0 radical (unpaired) electrons. The average molecular weight is 353 g/mol. The molecule has 1 aromatic rings. The second kappa shape index (κ2) is 10.4. The van der Waals surface area contributed by atoms with Gasteiger partial charge in [-0.15, -0.1) is 0 Å². The molecular weight excluding hydrogens is 316 g/mol. The van der Waals surface area contributed by atoms with Gasteiger partial charge >= 0.3 is 0 Å². The molecule has 1 fully saturated rings. The molecule has 0 aliphatic heterocycles. The third-order valence-corrected chi connectivity index (χ3v) is 5.37. The van der Waals surface area contributed by atoms with Crippen LogP contribution in [0.25, 0.3) is 0 Å². The highest BCUT2D eigenvalue weighted by Crippen LogP contribution is 2.32. The van der Waals surface area contributed by atoms with Crippen molar-refractivity contribution in [2.75, 3.05) is 7.05 Å². The Morgan fingerprint density at radius 2 is 1.73 bits per heavy atom. The number of benzene rings is 1. The number of aliphatic imine (C=N–C) groups is 2. The number of nitrogens with zero attached hydrogens (tertiary/aromatic N) is 2. The Morgan fingerprint density at radius 1 is 1.08 bits per heavy atom. The smallest absolute Gasteiger partial charge is 0.0803 e. The molecule has 1 aliphatic rings.